The van der Waals surface area contributed by atoms with Crippen LogP contribution < -0.4 is 0 Å². The van der Waals surface area contributed by atoms with Crippen LogP contribution >= 0.6 is 0 Å². The van der Waals surface area contributed by atoms with E-state index < -0.39 is 0 Å². The number of hydrogen-bond acceptors (Lipinski definition) is 1. The molecule has 0 aliphatic rings. The van der Waals surface area contributed by atoms with E-state index in [2.05, 4.69) is 12.8 Å². The maximum atomic E-state index is 4.92. The van der Waals surface area contributed by atoms with Crippen molar-refractivity contribution in [3.63, 3.8) is 0 Å². The van der Waals surface area contributed by atoms with Crippen molar-refractivity contribution in [2.45, 2.75) is 6.42 Å². The third kappa shape index (κ3) is 5.52. The summed E-state index contributed by atoms with van der Waals surface area (Å²) in [5.74, 6) is 2.45. The van der Waals surface area contributed by atoms with Crippen molar-refractivity contribution in [2.24, 2.45) is 0 Å². The second-order valence-electron chi connectivity index (χ2n) is 1.07. The minimum Gasteiger partial charge on any atom is -0.380 e. The average molecular weight is 97.1 g/mol. The Morgan fingerprint density at radius 2 is 2.43 bits per heavy atom. The van der Waals surface area contributed by atoms with Crippen LogP contribution in [0.1, 0.15) is 6.42 Å². The summed E-state index contributed by atoms with van der Waals surface area (Å²) in [4.78, 5) is 0. The Bertz CT molecular complexity index is 61.1. The van der Waals surface area contributed by atoms with E-state index in [0.29, 0.717) is 19.6 Å². The molecule has 1 radical (unpaired) electrons. The molecule has 0 N–H and O–H groups in total. The lowest BCUT2D eigenvalue weighted by Gasteiger charge is -1.91. The highest BCUT2D eigenvalue weighted by molar-refractivity contribution is 4.82. The van der Waals surface area contributed by atoms with Gasteiger partial charge in [0.15, 0.2) is 0 Å². The third-order valence-corrected chi connectivity index (χ3v) is 0.535. The maximum absolute atomic E-state index is 4.92. The molecule has 0 aromatic rings. The van der Waals surface area contributed by atoms with Crippen molar-refractivity contribution in [3.8, 4) is 12.3 Å². The van der Waals surface area contributed by atoms with Gasteiger partial charge in [-0.3, -0.25) is 0 Å². The van der Waals surface area contributed by atoms with Gasteiger partial charge in [-0.25, -0.2) is 0 Å². The molecule has 0 unspecified atom stereocenters. The van der Waals surface area contributed by atoms with Crippen molar-refractivity contribution in [1.82, 2.24) is 0 Å². The van der Waals surface area contributed by atoms with Gasteiger partial charge in [0, 0.05) is 13.0 Å². The summed E-state index contributed by atoms with van der Waals surface area (Å²) in [5, 5.41) is 0. The first-order valence-electron chi connectivity index (χ1n) is 2.22. The minimum absolute atomic E-state index is 0.516. The van der Waals surface area contributed by atoms with Crippen molar-refractivity contribution in [3.05, 3.63) is 6.92 Å². The molecular weight excluding hydrogens is 88.1 g/mol. The zero-order valence-corrected chi connectivity index (χ0v) is 4.31. The first-order valence-corrected chi connectivity index (χ1v) is 2.22. The molecule has 0 atom stereocenters. The predicted molar refractivity (Wildman–Crippen MR) is 29.6 cm³/mol. The lowest BCUT2D eigenvalue weighted by atomic mass is 10.5. The summed E-state index contributed by atoms with van der Waals surface area (Å²) < 4.78 is 4.82. The quantitative estimate of drug-likeness (QED) is 0.375. The fourth-order valence-electron chi connectivity index (χ4n) is 0.233. The Balaban J connectivity index is 2.60. The number of terminal acetylenes is 1. The molecule has 0 fully saturated rings. The van der Waals surface area contributed by atoms with Gasteiger partial charge in [-0.1, -0.05) is 0 Å². The Hall–Kier alpha value is -0.480. The Morgan fingerprint density at radius 3 is 2.86 bits per heavy atom. The van der Waals surface area contributed by atoms with Crippen molar-refractivity contribution in [1.29, 1.82) is 0 Å². The third-order valence-electron chi connectivity index (χ3n) is 0.535. The van der Waals surface area contributed by atoms with Crippen LogP contribution in [0.3, 0.4) is 0 Å². The van der Waals surface area contributed by atoms with E-state index in [1.54, 1.807) is 0 Å². The van der Waals surface area contributed by atoms with Crippen LogP contribution in [0.2, 0.25) is 0 Å². The summed E-state index contributed by atoms with van der Waals surface area (Å²) in [6.45, 7) is 4.62. The Kier molecular flexibility index (Phi) is 5.14. The number of rotatable bonds is 3. The largest absolute Gasteiger partial charge is 0.380 e. The molecule has 39 valence electrons. The number of ether oxygens (including phenoxy) is 1. The van der Waals surface area contributed by atoms with Gasteiger partial charge in [0.25, 0.3) is 0 Å². The lowest BCUT2D eigenvalue weighted by molar-refractivity contribution is 0.167. The molecule has 0 bridgehead atoms. The molecule has 0 saturated heterocycles. The summed E-state index contributed by atoms with van der Waals surface area (Å²) >= 11 is 0. The molecule has 0 saturated carbocycles. The van der Waals surface area contributed by atoms with E-state index in [-0.39, 0.29) is 0 Å². The van der Waals surface area contributed by atoms with Crippen LogP contribution in [0.5, 0.6) is 0 Å². The van der Waals surface area contributed by atoms with Crippen molar-refractivity contribution in [2.75, 3.05) is 13.2 Å². The van der Waals surface area contributed by atoms with Crippen LogP contribution in [0.25, 0.3) is 0 Å². The maximum Gasteiger partial charge on any atom is 0.0575 e. The van der Waals surface area contributed by atoms with Gasteiger partial charge < -0.3 is 4.74 Å². The summed E-state index contributed by atoms with van der Waals surface area (Å²) in [6, 6.07) is 0. The second kappa shape index (κ2) is 5.52. The average Bonchev–Trinajstić information content (AvgIpc) is 1.69. The van der Waals surface area contributed by atoms with E-state index >= 15 is 0 Å². The van der Waals surface area contributed by atoms with Gasteiger partial charge in [-0.2, -0.15) is 0 Å². The molecule has 1 heteroatoms. The fourth-order valence-corrected chi connectivity index (χ4v) is 0.233. The summed E-state index contributed by atoms with van der Waals surface area (Å²) in [7, 11) is 0. The van der Waals surface area contributed by atoms with E-state index in [1.165, 1.54) is 0 Å². The van der Waals surface area contributed by atoms with Crippen LogP contribution in [0.15, 0.2) is 0 Å². The van der Waals surface area contributed by atoms with Crippen LogP contribution in [-0.2, 0) is 4.74 Å². The SMILES string of the molecule is C#CCCOC[CH2]. The van der Waals surface area contributed by atoms with E-state index in [0.717, 1.165) is 0 Å². The first-order chi connectivity index (χ1) is 3.41. The molecule has 0 aliphatic heterocycles. The molecule has 0 rings (SSSR count). The normalized spacial score (nSPS) is 8.00. The molecule has 0 heterocycles. The highest BCUT2D eigenvalue weighted by Crippen LogP contribution is 1.76. The zero-order chi connectivity index (χ0) is 5.54. The highest BCUT2D eigenvalue weighted by atomic mass is 16.5. The molecule has 1 nitrogen and oxygen atoms in total. The van der Waals surface area contributed by atoms with Gasteiger partial charge >= 0.3 is 0 Å². The first kappa shape index (κ1) is 6.52. The van der Waals surface area contributed by atoms with Crippen molar-refractivity contribution >= 4 is 0 Å². The number of hydrogen-bond donors (Lipinski definition) is 0. The van der Waals surface area contributed by atoms with Gasteiger partial charge in [0.1, 0.15) is 0 Å². The molecule has 0 amide bonds. The monoisotopic (exact) mass is 97.1 g/mol. The van der Waals surface area contributed by atoms with E-state index in [9.17, 15) is 0 Å². The molecule has 7 heavy (non-hydrogen) atoms. The molecule has 0 aromatic carbocycles. The topological polar surface area (TPSA) is 9.23 Å². The standard InChI is InChI=1S/C6H9O/c1-3-5-6-7-4-2/h1H,2,4-6H2. The van der Waals surface area contributed by atoms with Gasteiger partial charge in [-0.15, -0.1) is 12.3 Å². The Morgan fingerprint density at radius 1 is 1.71 bits per heavy atom. The highest BCUT2D eigenvalue weighted by Gasteiger charge is 1.75. The summed E-state index contributed by atoms with van der Waals surface area (Å²) in [6.07, 6.45) is 5.61. The molecule has 0 aromatic heterocycles. The molecule has 0 spiro atoms. The fraction of sp³-hybridized carbons (Fsp3) is 0.500. The Labute approximate surface area is 44.7 Å². The predicted octanol–water partition coefficient (Wildman–Crippen LogP) is 0.860. The van der Waals surface area contributed by atoms with Gasteiger partial charge in [0.05, 0.1) is 6.61 Å². The van der Waals surface area contributed by atoms with Gasteiger partial charge in [0.2, 0.25) is 0 Å². The zero-order valence-electron chi connectivity index (χ0n) is 4.31. The van der Waals surface area contributed by atoms with E-state index in [1.807, 2.05) is 0 Å². The van der Waals surface area contributed by atoms with Gasteiger partial charge in [-0.05, 0) is 6.92 Å². The lowest BCUT2D eigenvalue weighted by Crippen LogP contribution is -1.90. The smallest absolute Gasteiger partial charge is 0.0575 e. The van der Waals surface area contributed by atoms with E-state index in [4.69, 9.17) is 11.2 Å². The van der Waals surface area contributed by atoms with Crippen LogP contribution in [0, 0.1) is 19.3 Å². The summed E-state index contributed by atoms with van der Waals surface area (Å²) in [5.41, 5.74) is 0. The second-order valence-corrected chi connectivity index (χ2v) is 1.07. The van der Waals surface area contributed by atoms with Crippen molar-refractivity contribution < 1.29 is 4.74 Å². The van der Waals surface area contributed by atoms with Crippen LogP contribution in [0.4, 0.5) is 0 Å². The minimum atomic E-state index is 0.516. The molecular formula is C6H9O. The molecule has 0 aliphatic carbocycles. The van der Waals surface area contributed by atoms with Crippen LogP contribution in [-0.4, -0.2) is 13.2 Å².